The number of piperazine rings is 1. The van der Waals surface area contributed by atoms with Crippen LogP contribution >= 0.6 is 0 Å². The van der Waals surface area contributed by atoms with Gasteiger partial charge in [-0.2, -0.15) is 0 Å². The highest BCUT2D eigenvalue weighted by molar-refractivity contribution is 5.94. The Hall–Kier alpha value is -1.46. The number of rotatable bonds is 4. The monoisotopic (exact) mass is 344 g/mol. The first-order valence-electron chi connectivity index (χ1n) is 9.75. The lowest BCUT2D eigenvalue weighted by Gasteiger charge is -2.42. The average Bonchev–Trinajstić information content (AvgIpc) is 2.67. The largest absolute Gasteiger partial charge is 0.339 e. The molecule has 1 atom stereocenters. The maximum Gasteiger partial charge on any atom is 0.253 e. The van der Waals surface area contributed by atoms with E-state index in [-0.39, 0.29) is 5.91 Å². The van der Waals surface area contributed by atoms with Crippen LogP contribution < -0.4 is 0 Å². The number of carbonyl (C=O) groups is 1. The Morgan fingerprint density at radius 2 is 1.88 bits per heavy atom. The van der Waals surface area contributed by atoms with Gasteiger partial charge in [0.2, 0.25) is 0 Å². The number of carbonyl (C=O) groups excluding carboxylic acids is 1. The van der Waals surface area contributed by atoms with Crippen molar-refractivity contribution in [3.8, 4) is 0 Å². The Labute approximate surface area is 152 Å². The summed E-state index contributed by atoms with van der Waals surface area (Å²) in [6.07, 6.45) is 4.86. The molecule has 2 saturated heterocycles. The molecule has 0 radical (unpaired) electrons. The highest BCUT2D eigenvalue weighted by Gasteiger charge is 2.30. The van der Waals surface area contributed by atoms with Crippen LogP contribution in [0.4, 0.5) is 0 Å². The standard InChI is InChI=1S/C20H32N4O/c1-4-19-15-18(5-8-21-19)20(25)24-9-6-17(7-10-24)16(2)23-13-11-22(3)12-14-23/h5,8,15-17H,4,6-7,9-14H2,1-3H3/t16-/m0/s1. The molecule has 1 amide bonds. The second-order valence-electron chi connectivity index (χ2n) is 7.60. The Kier molecular flexibility index (Phi) is 6.07. The Bertz CT molecular complexity index is 575. The minimum absolute atomic E-state index is 0.169. The number of aromatic nitrogens is 1. The number of pyridine rings is 1. The minimum atomic E-state index is 0.169. The molecule has 0 unspecified atom stereocenters. The first kappa shape index (κ1) is 18.3. The SMILES string of the molecule is CCc1cc(C(=O)N2CCC([C@H](C)N3CCN(C)CC3)CC2)ccn1. The molecule has 1 aromatic rings. The predicted octanol–water partition coefficient (Wildman–Crippen LogP) is 2.13. The molecule has 0 aliphatic carbocycles. The van der Waals surface area contributed by atoms with Gasteiger partial charge in [-0.1, -0.05) is 6.92 Å². The lowest BCUT2D eigenvalue weighted by atomic mass is 9.88. The molecule has 1 aromatic heterocycles. The first-order valence-corrected chi connectivity index (χ1v) is 9.75. The maximum atomic E-state index is 12.8. The minimum Gasteiger partial charge on any atom is -0.339 e. The van der Waals surface area contributed by atoms with Crippen LogP contribution in [-0.4, -0.2) is 77.9 Å². The van der Waals surface area contributed by atoms with Gasteiger partial charge in [0.25, 0.3) is 5.91 Å². The van der Waals surface area contributed by atoms with Crippen molar-refractivity contribution in [2.45, 2.75) is 39.2 Å². The van der Waals surface area contributed by atoms with E-state index < -0.39 is 0 Å². The van der Waals surface area contributed by atoms with E-state index >= 15 is 0 Å². The van der Waals surface area contributed by atoms with Crippen LogP contribution in [0.5, 0.6) is 0 Å². The molecule has 5 nitrogen and oxygen atoms in total. The summed E-state index contributed by atoms with van der Waals surface area (Å²) >= 11 is 0. The zero-order valence-corrected chi connectivity index (χ0v) is 15.9. The van der Waals surface area contributed by atoms with Crippen LogP contribution in [0.25, 0.3) is 0 Å². The van der Waals surface area contributed by atoms with Crippen molar-refractivity contribution in [2.75, 3.05) is 46.3 Å². The third-order valence-electron chi connectivity index (χ3n) is 6.05. The van der Waals surface area contributed by atoms with Crippen LogP contribution in [0.15, 0.2) is 18.3 Å². The molecule has 0 saturated carbocycles. The summed E-state index contributed by atoms with van der Waals surface area (Å²) in [5.74, 6) is 0.874. The van der Waals surface area contributed by atoms with Crippen molar-refractivity contribution in [3.63, 3.8) is 0 Å². The van der Waals surface area contributed by atoms with Gasteiger partial charge in [-0.3, -0.25) is 14.7 Å². The van der Waals surface area contributed by atoms with E-state index in [0.29, 0.717) is 12.0 Å². The molecule has 3 rings (SSSR count). The molecular weight excluding hydrogens is 312 g/mol. The van der Waals surface area contributed by atoms with Crippen LogP contribution in [-0.2, 0) is 6.42 Å². The number of piperidine rings is 1. The number of likely N-dealkylation sites (tertiary alicyclic amines) is 1. The van der Waals surface area contributed by atoms with Gasteiger partial charge in [0, 0.05) is 62.8 Å². The summed E-state index contributed by atoms with van der Waals surface area (Å²) in [6.45, 7) is 10.9. The first-order chi connectivity index (χ1) is 12.1. The number of hydrogen-bond acceptors (Lipinski definition) is 4. The van der Waals surface area contributed by atoms with Crippen molar-refractivity contribution >= 4 is 5.91 Å². The summed E-state index contributed by atoms with van der Waals surface area (Å²) in [4.78, 5) is 24.1. The molecule has 25 heavy (non-hydrogen) atoms. The van der Waals surface area contributed by atoms with Gasteiger partial charge in [0.15, 0.2) is 0 Å². The third-order valence-corrected chi connectivity index (χ3v) is 6.05. The molecule has 2 aliphatic heterocycles. The Balaban J connectivity index is 1.53. The van der Waals surface area contributed by atoms with Crippen molar-refractivity contribution in [1.82, 2.24) is 19.7 Å². The fourth-order valence-corrected chi connectivity index (χ4v) is 4.10. The van der Waals surface area contributed by atoms with E-state index in [9.17, 15) is 4.79 Å². The molecule has 138 valence electrons. The summed E-state index contributed by atoms with van der Waals surface area (Å²) < 4.78 is 0. The van der Waals surface area contributed by atoms with Gasteiger partial charge < -0.3 is 9.80 Å². The number of likely N-dealkylation sites (N-methyl/N-ethyl adjacent to an activating group) is 1. The predicted molar refractivity (Wildman–Crippen MR) is 101 cm³/mol. The Morgan fingerprint density at radius 3 is 2.52 bits per heavy atom. The highest BCUT2D eigenvalue weighted by atomic mass is 16.2. The van der Waals surface area contributed by atoms with Gasteiger partial charge >= 0.3 is 0 Å². The molecule has 0 bridgehead atoms. The number of hydrogen-bond donors (Lipinski definition) is 0. The molecule has 0 aromatic carbocycles. The fourth-order valence-electron chi connectivity index (χ4n) is 4.10. The molecule has 0 N–H and O–H groups in total. The summed E-state index contributed by atoms with van der Waals surface area (Å²) in [7, 11) is 2.20. The van der Waals surface area contributed by atoms with E-state index in [1.54, 1.807) is 6.20 Å². The van der Waals surface area contributed by atoms with Gasteiger partial charge in [0.1, 0.15) is 0 Å². The quantitative estimate of drug-likeness (QED) is 0.839. The fraction of sp³-hybridized carbons (Fsp3) is 0.700. The number of aryl methyl sites for hydroxylation is 1. The van der Waals surface area contributed by atoms with Crippen LogP contribution in [0.1, 0.15) is 42.7 Å². The third kappa shape index (κ3) is 4.39. The zero-order valence-electron chi connectivity index (χ0n) is 15.9. The topological polar surface area (TPSA) is 39.7 Å². The van der Waals surface area contributed by atoms with E-state index in [1.165, 1.54) is 26.2 Å². The average molecular weight is 345 g/mol. The van der Waals surface area contributed by atoms with Crippen molar-refractivity contribution in [1.29, 1.82) is 0 Å². The molecule has 2 fully saturated rings. The number of amides is 1. The van der Waals surface area contributed by atoms with Crippen LogP contribution in [0, 0.1) is 5.92 Å². The summed E-state index contributed by atoms with van der Waals surface area (Å²) in [5.41, 5.74) is 1.78. The second-order valence-corrected chi connectivity index (χ2v) is 7.60. The lowest BCUT2D eigenvalue weighted by molar-refractivity contribution is 0.0500. The normalized spacial score (nSPS) is 22.1. The van der Waals surface area contributed by atoms with Crippen LogP contribution in [0.3, 0.4) is 0 Å². The van der Waals surface area contributed by atoms with Gasteiger partial charge in [-0.15, -0.1) is 0 Å². The lowest BCUT2D eigenvalue weighted by Crippen LogP contribution is -2.52. The summed E-state index contributed by atoms with van der Waals surface area (Å²) in [6, 6.07) is 4.42. The van der Waals surface area contributed by atoms with Gasteiger partial charge in [0.05, 0.1) is 0 Å². The van der Waals surface area contributed by atoms with Crippen molar-refractivity contribution in [3.05, 3.63) is 29.6 Å². The molecule has 5 heteroatoms. The van der Waals surface area contributed by atoms with E-state index in [0.717, 1.165) is 43.6 Å². The van der Waals surface area contributed by atoms with Gasteiger partial charge in [-0.05, 0) is 51.3 Å². The maximum absolute atomic E-state index is 12.8. The molecule has 2 aliphatic rings. The zero-order chi connectivity index (χ0) is 17.8. The smallest absolute Gasteiger partial charge is 0.253 e. The van der Waals surface area contributed by atoms with Crippen molar-refractivity contribution in [2.24, 2.45) is 5.92 Å². The molecular formula is C20H32N4O. The molecule has 3 heterocycles. The van der Waals surface area contributed by atoms with Crippen LogP contribution in [0.2, 0.25) is 0 Å². The van der Waals surface area contributed by atoms with Gasteiger partial charge in [-0.25, -0.2) is 0 Å². The van der Waals surface area contributed by atoms with Crippen molar-refractivity contribution < 1.29 is 4.79 Å². The van der Waals surface area contributed by atoms with E-state index in [1.807, 2.05) is 17.0 Å². The number of nitrogens with zero attached hydrogens (tertiary/aromatic N) is 4. The molecule has 0 spiro atoms. The Morgan fingerprint density at radius 1 is 1.20 bits per heavy atom. The van der Waals surface area contributed by atoms with E-state index in [4.69, 9.17) is 0 Å². The highest BCUT2D eigenvalue weighted by Crippen LogP contribution is 2.25. The summed E-state index contributed by atoms with van der Waals surface area (Å²) in [5, 5.41) is 0. The second kappa shape index (κ2) is 8.28. The van der Waals surface area contributed by atoms with E-state index in [2.05, 4.69) is 35.7 Å².